The highest BCUT2D eigenvalue weighted by Crippen LogP contribution is 2.24. The molecule has 0 saturated carbocycles. The molecule has 0 aromatic carbocycles. The molecule has 1 unspecified atom stereocenters. The Morgan fingerprint density at radius 3 is 2.53 bits per heavy atom. The van der Waals surface area contributed by atoms with Gasteiger partial charge in [0.25, 0.3) is 0 Å². The van der Waals surface area contributed by atoms with Gasteiger partial charge in [0.15, 0.2) is 0 Å². The third-order valence-corrected chi connectivity index (χ3v) is 3.65. The SMILES string of the molecule is CCc1nc(CCN(C)C)sc1C(C)N. The first-order chi connectivity index (χ1) is 7.04. The standard InChI is InChI=1S/C11H21N3S/c1-5-9-11(8(2)12)15-10(13-9)6-7-14(3)4/h8H,5-7,12H2,1-4H3. The van der Waals surface area contributed by atoms with Gasteiger partial charge in [0, 0.05) is 23.9 Å². The van der Waals surface area contributed by atoms with Gasteiger partial charge in [0.1, 0.15) is 0 Å². The molecule has 1 aromatic heterocycles. The van der Waals surface area contributed by atoms with Crippen molar-refractivity contribution in [3.63, 3.8) is 0 Å². The van der Waals surface area contributed by atoms with Crippen LogP contribution in [0, 0.1) is 0 Å². The summed E-state index contributed by atoms with van der Waals surface area (Å²) in [4.78, 5) is 8.07. The third-order valence-electron chi connectivity index (χ3n) is 2.29. The van der Waals surface area contributed by atoms with Gasteiger partial charge in [-0.1, -0.05) is 6.92 Å². The van der Waals surface area contributed by atoms with Gasteiger partial charge in [-0.15, -0.1) is 11.3 Å². The number of hydrogen-bond donors (Lipinski definition) is 1. The monoisotopic (exact) mass is 227 g/mol. The predicted molar refractivity (Wildman–Crippen MR) is 66.4 cm³/mol. The smallest absolute Gasteiger partial charge is 0.0944 e. The average Bonchev–Trinajstić information content (AvgIpc) is 2.57. The molecule has 0 radical (unpaired) electrons. The van der Waals surface area contributed by atoms with Crippen LogP contribution < -0.4 is 5.73 Å². The van der Waals surface area contributed by atoms with E-state index >= 15 is 0 Å². The fourth-order valence-corrected chi connectivity index (χ4v) is 2.55. The number of hydrogen-bond acceptors (Lipinski definition) is 4. The topological polar surface area (TPSA) is 42.2 Å². The molecule has 1 aromatic rings. The van der Waals surface area contributed by atoms with Crippen molar-refractivity contribution in [1.29, 1.82) is 0 Å². The summed E-state index contributed by atoms with van der Waals surface area (Å²) < 4.78 is 0. The molecule has 0 saturated heterocycles. The Bertz CT molecular complexity index is 305. The fourth-order valence-electron chi connectivity index (χ4n) is 1.45. The normalized spacial score (nSPS) is 13.5. The molecule has 4 heteroatoms. The first-order valence-electron chi connectivity index (χ1n) is 5.43. The molecule has 3 nitrogen and oxygen atoms in total. The molecule has 1 atom stereocenters. The zero-order valence-electron chi connectivity index (χ0n) is 10.1. The Kier molecular flexibility index (Phi) is 4.70. The number of nitrogens with two attached hydrogens (primary N) is 1. The van der Waals surface area contributed by atoms with Gasteiger partial charge >= 0.3 is 0 Å². The molecule has 0 fully saturated rings. The van der Waals surface area contributed by atoms with E-state index in [0.717, 1.165) is 19.4 Å². The average molecular weight is 227 g/mol. The molecule has 0 bridgehead atoms. The first kappa shape index (κ1) is 12.6. The second kappa shape index (κ2) is 5.58. The Morgan fingerprint density at radius 1 is 1.47 bits per heavy atom. The van der Waals surface area contributed by atoms with E-state index in [1.54, 1.807) is 11.3 Å². The van der Waals surface area contributed by atoms with E-state index in [0.29, 0.717) is 0 Å². The minimum absolute atomic E-state index is 0.116. The van der Waals surface area contributed by atoms with Gasteiger partial charge in [-0.2, -0.15) is 0 Å². The second-order valence-corrected chi connectivity index (χ2v) is 5.23. The van der Waals surface area contributed by atoms with E-state index in [4.69, 9.17) is 5.73 Å². The van der Waals surface area contributed by atoms with Crippen molar-refractivity contribution in [3.05, 3.63) is 15.6 Å². The summed E-state index contributed by atoms with van der Waals surface area (Å²) in [6.07, 6.45) is 2.01. The van der Waals surface area contributed by atoms with E-state index in [1.165, 1.54) is 15.6 Å². The van der Waals surface area contributed by atoms with Crippen LogP contribution in [0.15, 0.2) is 0 Å². The minimum atomic E-state index is 0.116. The number of nitrogens with zero attached hydrogens (tertiary/aromatic N) is 2. The lowest BCUT2D eigenvalue weighted by atomic mass is 10.2. The van der Waals surface area contributed by atoms with E-state index in [-0.39, 0.29) is 6.04 Å². The quantitative estimate of drug-likeness (QED) is 0.834. The largest absolute Gasteiger partial charge is 0.323 e. The van der Waals surface area contributed by atoms with E-state index in [9.17, 15) is 0 Å². The van der Waals surface area contributed by atoms with E-state index < -0.39 is 0 Å². The summed E-state index contributed by atoms with van der Waals surface area (Å²) in [5.41, 5.74) is 7.10. The number of likely N-dealkylation sites (N-methyl/N-ethyl adjacent to an activating group) is 1. The highest BCUT2D eigenvalue weighted by Gasteiger charge is 2.12. The molecule has 86 valence electrons. The first-order valence-corrected chi connectivity index (χ1v) is 6.25. The summed E-state index contributed by atoms with van der Waals surface area (Å²) in [5.74, 6) is 0. The molecule has 1 rings (SSSR count). The van der Waals surface area contributed by atoms with Gasteiger partial charge in [-0.05, 0) is 27.4 Å². The Hall–Kier alpha value is -0.450. The van der Waals surface area contributed by atoms with Crippen LogP contribution in [-0.2, 0) is 12.8 Å². The maximum atomic E-state index is 5.92. The molecule has 0 aliphatic rings. The van der Waals surface area contributed by atoms with Crippen molar-refractivity contribution >= 4 is 11.3 Å². The maximum Gasteiger partial charge on any atom is 0.0944 e. The Balaban J connectivity index is 2.74. The van der Waals surface area contributed by atoms with Crippen molar-refractivity contribution in [2.75, 3.05) is 20.6 Å². The molecule has 15 heavy (non-hydrogen) atoms. The lowest BCUT2D eigenvalue weighted by Gasteiger charge is -2.06. The van der Waals surface area contributed by atoms with Crippen LogP contribution in [0.25, 0.3) is 0 Å². The maximum absolute atomic E-state index is 5.92. The summed E-state index contributed by atoms with van der Waals surface area (Å²) in [7, 11) is 4.17. The van der Waals surface area contributed by atoms with Crippen molar-refractivity contribution in [3.8, 4) is 0 Å². The van der Waals surface area contributed by atoms with Crippen LogP contribution >= 0.6 is 11.3 Å². The molecular formula is C11H21N3S. The Labute approximate surface area is 96.3 Å². The van der Waals surface area contributed by atoms with Crippen molar-refractivity contribution in [2.45, 2.75) is 32.7 Å². The van der Waals surface area contributed by atoms with E-state index in [1.807, 2.05) is 6.92 Å². The zero-order valence-corrected chi connectivity index (χ0v) is 10.9. The van der Waals surface area contributed by atoms with Gasteiger partial charge < -0.3 is 10.6 Å². The van der Waals surface area contributed by atoms with E-state index in [2.05, 4.69) is 30.9 Å². The van der Waals surface area contributed by atoms with Crippen LogP contribution in [0.2, 0.25) is 0 Å². The molecule has 1 heterocycles. The van der Waals surface area contributed by atoms with Crippen molar-refractivity contribution < 1.29 is 0 Å². The van der Waals surface area contributed by atoms with Crippen LogP contribution in [0.3, 0.4) is 0 Å². The second-order valence-electron chi connectivity index (χ2n) is 4.11. The van der Waals surface area contributed by atoms with Crippen molar-refractivity contribution in [2.24, 2.45) is 5.73 Å². The van der Waals surface area contributed by atoms with Gasteiger partial charge in [0.05, 0.1) is 10.7 Å². The lowest BCUT2D eigenvalue weighted by molar-refractivity contribution is 0.413. The lowest BCUT2D eigenvalue weighted by Crippen LogP contribution is -2.14. The molecule has 0 amide bonds. The zero-order chi connectivity index (χ0) is 11.4. The molecular weight excluding hydrogens is 206 g/mol. The number of rotatable bonds is 5. The third kappa shape index (κ3) is 3.55. The van der Waals surface area contributed by atoms with Crippen LogP contribution in [0.5, 0.6) is 0 Å². The Morgan fingerprint density at radius 2 is 2.13 bits per heavy atom. The van der Waals surface area contributed by atoms with Crippen molar-refractivity contribution in [1.82, 2.24) is 9.88 Å². The number of aryl methyl sites for hydroxylation is 1. The van der Waals surface area contributed by atoms with Gasteiger partial charge in [0.2, 0.25) is 0 Å². The van der Waals surface area contributed by atoms with Gasteiger partial charge in [-0.25, -0.2) is 4.98 Å². The molecule has 2 N–H and O–H groups in total. The van der Waals surface area contributed by atoms with Gasteiger partial charge in [-0.3, -0.25) is 0 Å². The van der Waals surface area contributed by atoms with Crippen LogP contribution in [0.1, 0.15) is 35.5 Å². The summed E-state index contributed by atoms with van der Waals surface area (Å²) in [5, 5.41) is 1.22. The molecule has 0 spiro atoms. The number of thiazole rings is 1. The summed E-state index contributed by atoms with van der Waals surface area (Å²) in [6.45, 7) is 5.22. The highest BCUT2D eigenvalue weighted by atomic mass is 32.1. The summed E-state index contributed by atoms with van der Waals surface area (Å²) in [6, 6.07) is 0.116. The van der Waals surface area contributed by atoms with Crippen LogP contribution in [-0.4, -0.2) is 30.5 Å². The minimum Gasteiger partial charge on any atom is -0.323 e. The number of aromatic nitrogens is 1. The molecule has 0 aliphatic heterocycles. The molecule has 0 aliphatic carbocycles. The highest BCUT2D eigenvalue weighted by molar-refractivity contribution is 7.11. The fraction of sp³-hybridized carbons (Fsp3) is 0.727. The predicted octanol–water partition coefficient (Wildman–Crippen LogP) is 1.83. The summed E-state index contributed by atoms with van der Waals surface area (Å²) >= 11 is 1.77. The van der Waals surface area contributed by atoms with Crippen LogP contribution in [0.4, 0.5) is 0 Å².